The Bertz CT molecular complexity index is 568. The molecule has 0 unspecified atom stereocenters. The Morgan fingerprint density at radius 3 is 2.62 bits per heavy atom. The highest BCUT2D eigenvalue weighted by atomic mass is 32.2. The second-order valence-corrected chi connectivity index (χ2v) is 6.79. The lowest BCUT2D eigenvalue weighted by atomic mass is 10.3. The van der Waals surface area contributed by atoms with Crippen molar-refractivity contribution in [3.8, 4) is 0 Å². The van der Waals surface area contributed by atoms with Gasteiger partial charge in [-0.15, -0.1) is 11.3 Å². The third-order valence-corrected chi connectivity index (χ3v) is 5.49. The van der Waals surface area contributed by atoms with Crippen molar-refractivity contribution in [2.75, 3.05) is 40.5 Å². The van der Waals surface area contributed by atoms with Crippen LogP contribution in [0, 0.1) is 6.92 Å². The summed E-state index contributed by atoms with van der Waals surface area (Å²) in [6.45, 7) is 3.54. The molecule has 0 atom stereocenters. The molecule has 0 aliphatic carbocycles. The predicted octanol–water partition coefficient (Wildman–Crippen LogP) is 0.357. The monoisotopic (exact) mass is 336 g/mol. The van der Waals surface area contributed by atoms with Crippen LogP contribution < -0.4 is 10.0 Å². The molecule has 9 heteroatoms. The lowest BCUT2D eigenvalue weighted by Gasteiger charge is -2.09. The Labute approximate surface area is 128 Å². The maximum Gasteiger partial charge on any atom is 0.349 e. The number of rotatable bonds is 9. The Hall–Kier alpha value is -1.00. The summed E-state index contributed by atoms with van der Waals surface area (Å²) in [7, 11) is -0.919. The SMILES string of the molecule is COCCNCCNS(=O)(=O)c1c(C)csc1C(=O)OC. The zero-order valence-electron chi connectivity index (χ0n) is 12.3. The first-order valence-corrected chi connectivity index (χ1v) is 8.66. The highest BCUT2D eigenvalue weighted by Crippen LogP contribution is 2.27. The molecule has 1 aromatic heterocycles. The van der Waals surface area contributed by atoms with Crippen molar-refractivity contribution in [3.63, 3.8) is 0 Å². The summed E-state index contributed by atoms with van der Waals surface area (Å²) in [6, 6.07) is 0. The molecule has 2 N–H and O–H groups in total. The van der Waals surface area contributed by atoms with E-state index in [0.29, 0.717) is 25.3 Å². The van der Waals surface area contributed by atoms with Gasteiger partial charge in [0.2, 0.25) is 10.0 Å². The molecule has 7 nitrogen and oxygen atoms in total. The van der Waals surface area contributed by atoms with Crippen LogP contribution in [-0.4, -0.2) is 54.8 Å². The maximum absolute atomic E-state index is 12.3. The van der Waals surface area contributed by atoms with Gasteiger partial charge in [0.05, 0.1) is 13.7 Å². The van der Waals surface area contributed by atoms with Gasteiger partial charge in [-0.1, -0.05) is 0 Å². The van der Waals surface area contributed by atoms with Gasteiger partial charge in [0.15, 0.2) is 0 Å². The van der Waals surface area contributed by atoms with E-state index in [0.717, 1.165) is 11.3 Å². The molecule has 1 aromatic rings. The number of aryl methyl sites for hydroxylation is 1. The van der Waals surface area contributed by atoms with Gasteiger partial charge in [0, 0.05) is 26.7 Å². The fourth-order valence-electron chi connectivity index (χ4n) is 1.65. The van der Waals surface area contributed by atoms with Gasteiger partial charge in [-0.25, -0.2) is 17.9 Å². The van der Waals surface area contributed by atoms with Crippen molar-refractivity contribution < 1.29 is 22.7 Å². The molecule has 0 bridgehead atoms. The van der Waals surface area contributed by atoms with Gasteiger partial charge in [-0.2, -0.15) is 0 Å². The first kappa shape index (κ1) is 18.1. The van der Waals surface area contributed by atoms with E-state index in [2.05, 4.69) is 14.8 Å². The summed E-state index contributed by atoms with van der Waals surface area (Å²) < 4.78 is 36.5. The predicted molar refractivity (Wildman–Crippen MR) is 80.3 cm³/mol. The van der Waals surface area contributed by atoms with Gasteiger partial charge in [-0.05, 0) is 17.9 Å². The lowest BCUT2D eigenvalue weighted by Crippen LogP contribution is -2.33. The Morgan fingerprint density at radius 2 is 2.00 bits per heavy atom. The molecule has 1 heterocycles. The van der Waals surface area contributed by atoms with Crippen LogP contribution in [0.1, 0.15) is 15.2 Å². The molecule has 21 heavy (non-hydrogen) atoms. The summed E-state index contributed by atoms with van der Waals surface area (Å²) >= 11 is 1.06. The molecule has 0 aromatic carbocycles. The number of hydrogen-bond acceptors (Lipinski definition) is 7. The Kier molecular flexibility index (Phi) is 7.26. The molecule has 0 saturated carbocycles. The van der Waals surface area contributed by atoms with Crippen molar-refractivity contribution in [1.82, 2.24) is 10.0 Å². The van der Waals surface area contributed by atoms with Crippen LogP contribution in [0.3, 0.4) is 0 Å². The van der Waals surface area contributed by atoms with Gasteiger partial charge >= 0.3 is 5.97 Å². The van der Waals surface area contributed by atoms with Crippen LogP contribution >= 0.6 is 11.3 Å². The minimum Gasteiger partial charge on any atom is -0.465 e. The number of methoxy groups -OCH3 is 2. The van der Waals surface area contributed by atoms with E-state index in [1.807, 2.05) is 0 Å². The molecule has 0 radical (unpaired) electrons. The first-order valence-electron chi connectivity index (χ1n) is 6.29. The summed E-state index contributed by atoms with van der Waals surface area (Å²) in [5.41, 5.74) is 0.528. The summed E-state index contributed by atoms with van der Waals surface area (Å²) in [5, 5.41) is 4.65. The second kappa shape index (κ2) is 8.44. The smallest absolute Gasteiger partial charge is 0.349 e. The molecule has 120 valence electrons. The summed E-state index contributed by atoms with van der Waals surface area (Å²) in [6.07, 6.45) is 0. The second-order valence-electron chi connectivity index (χ2n) is 4.21. The average molecular weight is 336 g/mol. The van der Waals surface area contributed by atoms with Gasteiger partial charge in [0.25, 0.3) is 0 Å². The molecule has 0 aliphatic heterocycles. The van der Waals surface area contributed by atoms with Crippen molar-refractivity contribution in [3.05, 3.63) is 15.8 Å². The summed E-state index contributed by atoms with van der Waals surface area (Å²) in [4.78, 5) is 11.7. The molecule has 0 saturated heterocycles. The maximum atomic E-state index is 12.3. The standard InChI is InChI=1S/C12H20N2O5S2/c1-9-8-20-10(12(15)19-3)11(9)21(16,17)14-5-4-13-6-7-18-2/h8,13-14H,4-7H2,1-3H3. The average Bonchev–Trinajstić information content (AvgIpc) is 2.84. The number of nitrogens with one attached hydrogen (secondary N) is 2. The zero-order valence-corrected chi connectivity index (χ0v) is 13.9. The third kappa shape index (κ3) is 5.04. The molecule has 0 aliphatic rings. The first-order chi connectivity index (χ1) is 9.94. The van der Waals surface area contributed by atoms with E-state index in [1.165, 1.54) is 7.11 Å². The normalized spacial score (nSPS) is 11.6. The van der Waals surface area contributed by atoms with Gasteiger partial charge in [0.1, 0.15) is 9.77 Å². The number of carbonyl (C=O) groups excluding carboxylic acids is 1. The number of ether oxygens (including phenoxy) is 2. The van der Waals surface area contributed by atoms with Gasteiger partial charge < -0.3 is 14.8 Å². The van der Waals surface area contributed by atoms with Crippen molar-refractivity contribution in [2.24, 2.45) is 0 Å². The number of carbonyl (C=O) groups is 1. The van der Waals surface area contributed by atoms with E-state index in [1.54, 1.807) is 19.4 Å². The van der Waals surface area contributed by atoms with E-state index in [4.69, 9.17) is 4.74 Å². The van der Waals surface area contributed by atoms with Crippen molar-refractivity contribution in [1.29, 1.82) is 0 Å². The lowest BCUT2D eigenvalue weighted by molar-refractivity contribution is 0.0602. The minimum absolute atomic E-state index is 0.00348. The van der Waals surface area contributed by atoms with E-state index >= 15 is 0 Å². The summed E-state index contributed by atoms with van der Waals surface area (Å²) in [5.74, 6) is -0.647. The molecular formula is C12H20N2O5S2. The fourth-order valence-corrected chi connectivity index (χ4v) is 4.38. The van der Waals surface area contributed by atoms with Crippen LogP contribution in [0.15, 0.2) is 10.3 Å². The Balaban J connectivity index is 2.70. The third-order valence-electron chi connectivity index (χ3n) is 2.63. The molecule has 0 amide bonds. The molecule has 1 rings (SSSR count). The molecular weight excluding hydrogens is 316 g/mol. The molecule has 0 fully saturated rings. The van der Waals surface area contributed by atoms with Crippen molar-refractivity contribution in [2.45, 2.75) is 11.8 Å². The van der Waals surface area contributed by atoms with Gasteiger partial charge in [-0.3, -0.25) is 0 Å². The van der Waals surface area contributed by atoms with E-state index < -0.39 is 16.0 Å². The fraction of sp³-hybridized carbons (Fsp3) is 0.583. The number of thiophene rings is 1. The van der Waals surface area contributed by atoms with Crippen LogP contribution in [0.5, 0.6) is 0 Å². The number of esters is 1. The van der Waals surface area contributed by atoms with E-state index in [9.17, 15) is 13.2 Å². The van der Waals surface area contributed by atoms with Crippen LogP contribution in [0.4, 0.5) is 0 Å². The minimum atomic E-state index is -3.74. The quantitative estimate of drug-likeness (QED) is 0.499. The van der Waals surface area contributed by atoms with Crippen LogP contribution in [0.2, 0.25) is 0 Å². The molecule has 0 spiro atoms. The zero-order chi connectivity index (χ0) is 15.9. The number of hydrogen-bond donors (Lipinski definition) is 2. The number of sulfonamides is 1. The van der Waals surface area contributed by atoms with Crippen LogP contribution in [-0.2, 0) is 19.5 Å². The highest BCUT2D eigenvalue weighted by Gasteiger charge is 2.26. The van der Waals surface area contributed by atoms with E-state index in [-0.39, 0.29) is 16.3 Å². The largest absolute Gasteiger partial charge is 0.465 e. The van der Waals surface area contributed by atoms with Crippen molar-refractivity contribution >= 4 is 27.3 Å². The Morgan fingerprint density at radius 1 is 1.29 bits per heavy atom. The topological polar surface area (TPSA) is 93.7 Å². The van der Waals surface area contributed by atoms with Crippen LogP contribution in [0.25, 0.3) is 0 Å². The highest BCUT2D eigenvalue weighted by molar-refractivity contribution is 7.89.